The number of hydrogen-bond acceptors (Lipinski definition) is 2. The van der Waals surface area contributed by atoms with Crippen LogP contribution >= 0.6 is 0 Å². The van der Waals surface area contributed by atoms with Gasteiger partial charge in [-0.3, -0.25) is 9.36 Å². The zero-order valence-electron chi connectivity index (χ0n) is 12.2. The molecule has 3 rings (SSSR count). The number of pyridine rings is 1. The molecule has 3 aromatic rings. The van der Waals surface area contributed by atoms with Gasteiger partial charge in [0.1, 0.15) is 11.6 Å². The summed E-state index contributed by atoms with van der Waals surface area (Å²) in [7, 11) is 0. The van der Waals surface area contributed by atoms with E-state index < -0.39 is 0 Å². The van der Waals surface area contributed by atoms with E-state index in [4.69, 9.17) is 0 Å². The molecule has 3 heteroatoms. The second-order valence-electron chi connectivity index (χ2n) is 5.04. The van der Waals surface area contributed by atoms with Gasteiger partial charge in [-0.15, -0.1) is 0 Å². The molecule has 0 aliphatic carbocycles. The number of aromatic nitrogens is 1. The number of hydrogen-bond donors (Lipinski definition) is 0. The monoisotopic (exact) mass is 286 g/mol. The van der Waals surface area contributed by atoms with Crippen molar-refractivity contribution in [2.45, 2.75) is 6.92 Å². The molecule has 0 unspecified atom stereocenters. The highest BCUT2D eigenvalue weighted by molar-refractivity contribution is 5.64. The highest BCUT2D eigenvalue weighted by Gasteiger charge is 2.14. The molecule has 0 radical (unpaired) electrons. The van der Waals surface area contributed by atoms with Gasteiger partial charge in [0.05, 0.1) is 5.69 Å². The second-order valence-corrected chi connectivity index (χ2v) is 5.04. The first-order valence-corrected chi connectivity index (χ1v) is 7.00. The summed E-state index contributed by atoms with van der Waals surface area (Å²) in [6.45, 7) is 1.79. The molecule has 22 heavy (non-hydrogen) atoms. The Morgan fingerprint density at radius 3 is 2.14 bits per heavy atom. The molecular formula is C19H14N2O. The van der Waals surface area contributed by atoms with Crippen LogP contribution in [0.25, 0.3) is 16.9 Å². The number of benzene rings is 2. The zero-order valence-corrected chi connectivity index (χ0v) is 12.2. The predicted octanol–water partition coefficient (Wildman–Crippen LogP) is 3.68. The van der Waals surface area contributed by atoms with Crippen LogP contribution < -0.4 is 5.56 Å². The van der Waals surface area contributed by atoms with Crippen LogP contribution in [-0.4, -0.2) is 4.57 Å². The third kappa shape index (κ3) is 2.32. The Hall–Kier alpha value is -3.12. The SMILES string of the molecule is Cc1cc(-c2ccccc2)n(-c2ccccc2)c(=O)c1C#N. The van der Waals surface area contributed by atoms with Crippen molar-refractivity contribution in [2.24, 2.45) is 0 Å². The molecule has 0 aliphatic heterocycles. The van der Waals surface area contributed by atoms with Crippen molar-refractivity contribution in [1.29, 1.82) is 5.26 Å². The zero-order chi connectivity index (χ0) is 15.5. The van der Waals surface area contributed by atoms with Crippen LogP contribution in [-0.2, 0) is 0 Å². The second kappa shape index (κ2) is 5.71. The Morgan fingerprint density at radius 2 is 1.55 bits per heavy atom. The number of nitriles is 1. The lowest BCUT2D eigenvalue weighted by molar-refractivity contribution is 0.982. The van der Waals surface area contributed by atoms with Gasteiger partial charge in [-0.25, -0.2) is 0 Å². The lowest BCUT2D eigenvalue weighted by atomic mass is 10.1. The molecule has 1 aromatic heterocycles. The molecule has 0 saturated carbocycles. The molecule has 106 valence electrons. The fraction of sp³-hybridized carbons (Fsp3) is 0.0526. The van der Waals surface area contributed by atoms with Gasteiger partial charge in [-0.2, -0.15) is 5.26 Å². The first-order chi connectivity index (χ1) is 10.7. The molecule has 0 fully saturated rings. The average Bonchev–Trinajstić information content (AvgIpc) is 2.56. The minimum Gasteiger partial charge on any atom is -0.276 e. The summed E-state index contributed by atoms with van der Waals surface area (Å²) < 4.78 is 1.60. The molecule has 0 spiro atoms. The van der Waals surface area contributed by atoms with Crippen LogP contribution in [0.1, 0.15) is 11.1 Å². The lowest BCUT2D eigenvalue weighted by Gasteiger charge is -2.15. The van der Waals surface area contributed by atoms with E-state index in [-0.39, 0.29) is 11.1 Å². The Balaban J connectivity index is 2.40. The average molecular weight is 286 g/mol. The third-order valence-electron chi connectivity index (χ3n) is 3.60. The van der Waals surface area contributed by atoms with Gasteiger partial charge >= 0.3 is 0 Å². The van der Waals surface area contributed by atoms with Gasteiger partial charge in [0.25, 0.3) is 5.56 Å². The standard InChI is InChI=1S/C19H14N2O/c1-14-12-18(15-8-4-2-5-9-15)21(19(22)17(14)13-20)16-10-6-3-7-11-16/h2-12H,1H3. The maximum atomic E-state index is 12.8. The number of para-hydroxylation sites is 1. The highest BCUT2D eigenvalue weighted by Crippen LogP contribution is 2.23. The first-order valence-electron chi connectivity index (χ1n) is 7.00. The topological polar surface area (TPSA) is 45.8 Å². The van der Waals surface area contributed by atoms with E-state index in [1.807, 2.05) is 72.8 Å². The summed E-state index contributed by atoms with van der Waals surface area (Å²) in [4.78, 5) is 12.8. The summed E-state index contributed by atoms with van der Waals surface area (Å²) in [5.41, 5.74) is 3.07. The van der Waals surface area contributed by atoms with Gasteiger partial charge in [0, 0.05) is 5.69 Å². The number of aryl methyl sites for hydroxylation is 1. The van der Waals surface area contributed by atoms with E-state index in [1.54, 1.807) is 11.5 Å². The Morgan fingerprint density at radius 1 is 0.955 bits per heavy atom. The van der Waals surface area contributed by atoms with Crippen LogP contribution in [0.15, 0.2) is 71.5 Å². The van der Waals surface area contributed by atoms with Crippen molar-refractivity contribution in [2.75, 3.05) is 0 Å². The van der Waals surface area contributed by atoms with Crippen LogP contribution in [0.4, 0.5) is 0 Å². The smallest absolute Gasteiger partial charge is 0.273 e. The van der Waals surface area contributed by atoms with Crippen LogP contribution in [0, 0.1) is 18.3 Å². The molecule has 0 aliphatic rings. The van der Waals surface area contributed by atoms with Gasteiger partial charge in [-0.1, -0.05) is 48.5 Å². The Labute approximate surface area is 128 Å². The van der Waals surface area contributed by atoms with Crippen molar-refractivity contribution < 1.29 is 0 Å². The molecule has 0 atom stereocenters. The summed E-state index contributed by atoms with van der Waals surface area (Å²) in [6.07, 6.45) is 0. The molecular weight excluding hydrogens is 272 g/mol. The Bertz CT molecular complexity index is 904. The van der Waals surface area contributed by atoms with E-state index in [1.165, 1.54) is 0 Å². The quantitative estimate of drug-likeness (QED) is 0.721. The molecule has 0 amide bonds. The van der Waals surface area contributed by atoms with Crippen LogP contribution in [0.5, 0.6) is 0 Å². The number of nitrogens with zero attached hydrogens (tertiary/aromatic N) is 2. The minimum atomic E-state index is -0.285. The van der Waals surface area contributed by atoms with E-state index in [2.05, 4.69) is 0 Å². The van der Waals surface area contributed by atoms with Crippen molar-refractivity contribution in [3.63, 3.8) is 0 Å². The first kappa shape index (κ1) is 13.8. The van der Waals surface area contributed by atoms with Gasteiger partial charge in [0.15, 0.2) is 0 Å². The van der Waals surface area contributed by atoms with Crippen molar-refractivity contribution >= 4 is 0 Å². The third-order valence-corrected chi connectivity index (χ3v) is 3.60. The number of rotatable bonds is 2. The molecule has 3 nitrogen and oxygen atoms in total. The summed E-state index contributed by atoms with van der Waals surface area (Å²) in [6, 6.07) is 23.0. The highest BCUT2D eigenvalue weighted by atomic mass is 16.1. The minimum absolute atomic E-state index is 0.184. The summed E-state index contributed by atoms with van der Waals surface area (Å²) in [5.74, 6) is 0. The maximum Gasteiger partial charge on any atom is 0.273 e. The van der Waals surface area contributed by atoms with E-state index in [0.717, 1.165) is 16.9 Å². The van der Waals surface area contributed by atoms with E-state index >= 15 is 0 Å². The largest absolute Gasteiger partial charge is 0.276 e. The van der Waals surface area contributed by atoms with Crippen molar-refractivity contribution in [1.82, 2.24) is 4.57 Å². The normalized spacial score (nSPS) is 10.2. The van der Waals surface area contributed by atoms with E-state index in [9.17, 15) is 10.1 Å². The summed E-state index contributed by atoms with van der Waals surface area (Å²) >= 11 is 0. The summed E-state index contributed by atoms with van der Waals surface area (Å²) in [5, 5.41) is 9.27. The van der Waals surface area contributed by atoms with Gasteiger partial charge in [-0.05, 0) is 36.2 Å². The molecule has 1 heterocycles. The van der Waals surface area contributed by atoms with Crippen LogP contribution in [0.3, 0.4) is 0 Å². The van der Waals surface area contributed by atoms with Crippen LogP contribution in [0.2, 0.25) is 0 Å². The fourth-order valence-corrected chi connectivity index (χ4v) is 2.52. The van der Waals surface area contributed by atoms with Crippen molar-refractivity contribution in [3.05, 3.63) is 88.2 Å². The van der Waals surface area contributed by atoms with E-state index in [0.29, 0.717) is 5.56 Å². The maximum absolute atomic E-state index is 12.8. The fourth-order valence-electron chi connectivity index (χ4n) is 2.52. The predicted molar refractivity (Wildman–Crippen MR) is 86.9 cm³/mol. The van der Waals surface area contributed by atoms with Crippen molar-refractivity contribution in [3.8, 4) is 23.0 Å². The van der Waals surface area contributed by atoms with Gasteiger partial charge < -0.3 is 0 Å². The Kier molecular flexibility index (Phi) is 3.59. The lowest BCUT2D eigenvalue weighted by Crippen LogP contribution is -2.23. The molecule has 0 N–H and O–H groups in total. The molecule has 0 saturated heterocycles. The van der Waals surface area contributed by atoms with Gasteiger partial charge in [0.2, 0.25) is 0 Å². The molecule has 0 bridgehead atoms. The molecule has 2 aromatic carbocycles.